The highest BCUT2D eigenvalue weighted by Gasteiger charge is 2.09. The molecule has 3 N–H and O–H groups in total. The molecule has 0 saturated heterocycles. The van der Waals surface area contributed by atoms with Crippen LogP contribution >= 0.6 is 0 Å². The summed E-state index contributed by atoms with van der Waals surface area (Å²) in [4.78, 5) is 19.4. The number of amides is 1. The van der Waals surface area contributed by atoms with E-state index in [1.54, 1.807) is 24.5 Å². The highest BCUT2D eigenvalue weighted by Crippen LogP contribution is 2.21. The van der Waals surface area contributed by atoms with Gasteiger partial charge in [0.1, 0.15) is 11.2 Å². The van der Waals surface area contributed by atoms with Crippen LogP contribution in [0.4, 0.5) is 0 Å². The highest BCUT2D eigenvalue weighted by atomic mass is 16.5. The Morgan fingerprint density at radius 2 is 2.25 bits per heavy atom. The maximum atomic E-state index is 11.3. The van der Waals surface area contributed by atoms with Gasteiger partial charge in [-0.15, -0.1) is 0 Å². The van der Waals surface area contributed by atoms with Gasteiger partial charge in [0.25, 0.3) is 5.91 Å². The summed E-state index contributed by atoms with van der Waals surface area (Å²) < 4.78 is 5.11. The number of ether oxygens (including phenoxy) is 1. The van der Waals surface area contributed by atoms with Crippen LogP contribution in [-0.4, -0.2) is 23.0 Å². The molecule has 0 unspecified atom stereocenters. The molecule has 6 nitrogen and oxygen atoms in total. The van der Waals surface area contributed by atoms with Gasteiger partial charge in [-0.05, 0) is 12.1 Å². The second kappa shape index (κ2) is 4.11. The number of carbonyl (C=O) groups is 1. The molecule has 2 aromatic rings. The van der Waals surface area contributed by atoms with Crippen LogP contribution in [-0.2, 0) is 0 Å². The first kappa shape index (κ1) is 10.3. The van der Waals surface area contributed by atoms with Gasteiger partial charge in [0.15, 0.2) is 5.75 Å². The summed E-state index contributed by atoms with van der Waals surface area (Å²) in [7, 11) is 1.52. The summed E-state index contributed by atoms with van der Waals surface area (Å²) in [5, 5.41) is 0.799. The number of nitrogens with one attached hydrogen (secondary N) is 1. The molecule has 0 aliphatic carbocycles. The van der Waals surface area contributed by atoms with Crippen LogP contribution in [0.5, 0.6) is 5.75 Å². The standard InChI is InChI=1S/C10H10N4O2/c1-16-8-5-12-4-6-2-3-7(10(15)14-11)13-9(6)8/h2-5H,11H2,1H3,(H,14,15). The van der Waals surface area contributed by atoms with Gasteiger partial charge in [-0.1, -0.05) is 0 Å². The predicted molar refractivity (Wildman–Crippen MR) is 57.7 cm³/mol. The molecule has 0 atom stereocenters. The fourth-order valence-corrected chi connectivity index (χ4v) is 1.37. The van der Waals surface area contributed by atoms with Crippen molar-refractivity contribution in [3.8, 4) is 5.75 Å². The van der Waals surface area contributed by atoms with E-state index in [1.165, 1.54) is 7.11 Å². The van der Waals surface area contributed by atoms with Gasteiger partial charge in [0.05, 0.1) is 13.3 Å². The van der Waals surface area contributed by atoms with E-state index in [2.05, 4.69) is 9.97 Å². The Labute approximate surface area is 91.4 Å². The first-order valence-electron chi connectivity index (χ1n) is 4.56. The monoisotopic (exact) mass is 218 g/mol. The molecule has 0 spiro atoms. The van der Waals surface area contributed by atoms with E-state index in [0.29, 0.717) is 11.3 Å². The maximum absolute atomic E-state index is 11.3. The minimum Gasteiger partial charge on any atom is -0.493 e. The van der Waals surface area contributed by atoms with E-state index in [9.17, 15) is 4.79 Å². The smallest absolute Gasteiger partial charge is 0.283 e. The summed E-state index contributed by atoms with van der Waals surface area (Å²) in [6, 6.07) is 3.31. The molecule has 2 rings (SSSR count). The van der Waals surface area contributed by atoms with Crippen molar-refractivity contribution in [2.24, 2.45) is 5.84 Å². The van der Waals surface area contributed by atoms with E-state index in [0.717, 1.165) is 5.39 Å². The largest absolute Gasteiger partial charge is 0.493 e. The summed E-state index contributed by atoms with van der Waals surface area (Å²) in [6.07, 6.45) is 3.19. The van der Waals surface area contributed by atoms with Crippen molar-refractivity contribution in [1.82, 2.24) is 15.4 Å². The van der Waals surface area contributed by atoms with E-state index >= 15 is 0 Å². The number of nitrogen functional groups attached to an aromatic ring is 1. The molecule has 1 amide bonds. The lowest BCUT2D eigenvalue weighted by Crippen LogP contribution is -2.30. The molecule has 16 heavy (non-hydrogen) atoms. The topological polar surface area (TPSA) is 90.1 Å². The molecular weight excluding hydrogens is 208 g/mol. The Morgan fingerprint density at radius 1 is 1.44 bits per heavy atom. The van der Waals surface area contributed by atoms with Crippen molar-refractivity contribution in [2.75, 3.05) is 7.11 Å². The number of rotatable bonds is 2. The van der Waals surface area contributed by atoms with E-state index < -0.39 is 5.91 Å². The minimum absolute atomic E-state index is 0.236. The van der Waals surface area contributed by atoms with Crippen LogP contribution in [0.3, 0.4) is 0 Å². The quantitative estimate of drug-likeness (QED) is 0.428. The van der Waals surface area contributed by atoms with Crippen LogP contribution in [0.15, 0.2) is 24.5 Å². The Bertz CT molecular complexity index is 541. The number of methoxy groups -OCH3 is 1. The number of pyridine rings is 2. The van der Waals surface area contributed by atoms with Gasteiger partial charge in [0, 0.05) is 11.6 Å². The number of hydrogen-bond donors (Lipinski definition) is 2. The summed E-state index contributed by atoms with van der Waals surface area (Å²) in [6.45, 7) is 0. The Kier molecular flexibility index (Phi) is 2.65. The molecule has 0 aliphatic rings. The zero-order valence-electron chi connectivity index (χ0n) is 8.60. The van der Waals surface area contributed by atoms with Crippen LogP contribution in [0.2, 0.25) is 0 Å². The lowest BCUT2D eigenvalue weighted by atomic mass is 10.2. The molecular formula is C10H10N4O2. The third kappa shape index (κ3) is 1.66. The van der Waals surface area contributed by atoms with E-state index in [4.69, 9.17) is 10.6 Å². The molecule has 2 heterocycles. The van der Waals surface area contributed by atoms with Crippen molar-refractivity contribution >= 4 is 16.8 Å². The Morgan fingerprint density at radius 3 is 2.94 bits per heavy atom. The molecule has 0 bridgehead atoms. The van der Waals surface area contributed by atoms with E-state index in [1.807, 2.05) is 5.43 Å². The van der Waals surface area contributed by atoms with Crippen LogP contribution in [0, 0.1) is 0 Å². The maximum Gasteiger partial charge on any atom is 0.283 e. The summed E-state index contributed by atoms with van der Waals surface area (Å²) >= 11 is 0. The summed E-state index contributed by atoms with van der Waals surface area (Å²) in [5.41, 5.74) is 2.84. The van der Waals surface area contributed by atoms with Gasteiger partial charge < -0.3 is 4.74 Å². The molecule has 0 saturated carbocycles. The second-order valence-electron chi connectivity index (χ2n) is 3.08. The van der Waals surface area contributed by atoms with Crippen LogP contribution in [0.1, 0.15) is 10.5 Å². The van der Waals surface area contributed by atoms with Gasteiger partial charge in [0.2, 0.25) is 0 Å². The van der Waals surface area contributed by atoms with Crippen molar-refractivity contribution in [3.05, 3.63) is 30.2 Å². The average molecular weight is 218 g/mol. The fourth-order valence-electron chi connectivity index (χ4n) is 1.37. The van der Waals surface area contributed by atoms with E-state index in [-0.39, 0.29) is 5.69 Å². The zero-order chi connectivity index (χ0) is 11.5. The minimum atomic E-state index is -0.444. The number of carbonyl (C=O) groups excluding carboxylic acids is 1. The number of nitrogens with two attached hydrogens (primary N) is 1. The van der Waals surface area contributed by atoms with Crippen molar-refractivity contribution in [3.63, 3.8) is 0 Å². The Hall–Kier alpha value is -2.21. The van der Waals surface area contributed by atoms with Gasteiger partial charge in [-0.3, -0.25) is 15.2 Å². The molecule has 82 valence electrons. The SMILES string of the molecule is COc1cncc2ccc(C(=O)NN)nc12. The molecule has 0 aromatic carbocycles. The Balaban J connectivity index is 2.63. The zero-order valence-corrected chi connectivity index (χ0v) is 8.60. The number of aromatic nitrogens is 2. The molecule has 0 fully saturated rings. The number of fused-ring (bicyclic) bond motifs is 1. The predicted octanol–water partition coefficient (Wildman–Crippen LogP) is 0.242. The van der Waals surface area contributed by atoms with Crippen molar-refractivity contribution in [2.45, 2.75) is 0 Å². The van der Waals surface area contributed by atoms with Gasteiger partial charge in [-0.2, -0.15) is 0 Å². The number of hydrazine groups is 1. The lowest BCUT2D eigenvalue weighted by Gasteiger charge is -2.05. The first-order valence-corrected chi connectivity index (χ1v) is 4.56. The third-order valence-corrected chi connectivity index (χ3v) is 2.15. The number of nitrogens with zero attached hydrogens (tertiary/aromatic N) is 2. The van der Waals surface area contributed by atoms with Gasteiger partial charge in [-0.25, -0.2) is 10.8 Å². The highest BCUT2D eigenvalue weighted by molar-refractivity contribution is 5.95. The molecule has 2 aromatic heterocycles. The average Bonchev–Trinajstić information content (AvgIpc) is 2.36. The van der Waals surface area contributed by atoms with Crippen LogP contribution < -0.4 is 16.0 Å². The second-order valence-corrected chi connectivity index (χ2v) is 3.08. The third-order valence-electron chi connectivity index (χ3n) is 2.15. The summed E-state index contributed by atoms with van der Waals surface area (Å²) in [5.74, 6) is 5.11. The number of hydrogen-bond acceptors (Lipinski definition) is 5. The van der Waals surface area contributed by atoms with Crippen molar-refractivity contribution < 1.29 is 9.53 Å². The molecule has 6 heteroatoms. The van der Waals surface area contributed by atoms with Crippen molar-refractivity contribution in [1.29, 1.82) is 0 Å². The van der Waals surface area contributed by atoms with Gasteiger partial charge >= 0.3 is 0 Å². The molecule has 0 radical (unpaired) electrons. The van der Waals surface area contributed by atoms with Crippen LogP contribution in [0.25, 0.3) is 10.9 Å². The first-order chi connectivity index (χ1) is 7.76. The normalized spacial score (nSPS) is 10.1. The lowest BCUT2D eigenvalue weighted by molar-refractivity contribution is 0.0949. The fraction of sp³-hybridized carbons (Fsp3) is 0.100. The molecule has 0 aliphatic heterocycles.